The standard InChI is InChI=1S/C18H28O2SSi/c1-17(2,3)22(5,6)20-14-12-16(18(4,19)13-14)21-15-10-8-7-9-11-15/h7-12,16,19H,13H2,1-6H3/t16?,18-/m0/s1. The molecule has 1 aromatic carbocycles. The van der Waals surface area contributed by atoms with Crippen LogP contribution < -0.4 is 0 Å². The van der Waals surface area contributed by atoms with Crippen molar-refractivity contribution in [1.29, 1.82) is 0 Å². The molecule has 0 fully saturated rings. The molecule has 0 saturated carbocycles. The Bertz CT molecular complexity index is 544. The maximum Gasteiger partial charge on any atom is 0.250 e. The Morgan fingerprint density at radius 3 is 2.36 bits per heavy atom. The van der Waals surface area contributed by atoms with Crippen molar-refractivity contribution in [2.24, 2.45) is 0 Å². The van der Waals surface area contributed by atoms with Crippen molar-refractivity contribution in [1.82, 2.24) is 0 Å². The van der Waals surface area contributed by atoms with E-state index in [9.17, 15) is 5.11 Å². The summed E-state index contributed by atoms with van der Waals surface area (Å²) in [6.07, 6.45) is 2.72. The summed E-state index contributed by atoms with van der Waals surface area (Å²) in [5.74, 6) is 0.963. The second-order valence-corrected chi connectivity index (χ2v) is 13.8. The zero-order chi connectivity index (χ0) is 16.6. The molecule has 122 valence electrons. The second-order valence-electron chi connectivity index (χ2n) is 7.88. The first-order chi connectivity index (χ1) is 10.0. The molecule has 1 aromatic rings. The molecule has 0 amide bonds. The van der Waals surface area contributed by atoms with Gasteiger partial charge in [-0.05, 0) is 43.3 Å². The number of rotatable bonds is 4. The Balaban J connectivity index is 2.13. The predicted octanol–water partition coefficient (Wildman–Crippen LogP) is 5.21. The summed E-state index contributed by atoms with van der Waals surface area (Å²) in [7, 11) is -1.84. The van der Waals surface area contributed by atoms with E-state index in [0.29, 0.717) is 6.42 Å². The van der Waals surface area contributed by atoms with Gasteiger partial charge in [0.15, 0.2) is 0 Å². The van der Waals surface area contributed by atoms with Crippen LogP contribution in [0.4, 0.5) is 0 Å². The van der Waals surface area contributed by atoms with E-state index in [1.165, 1.54) is 4.90 Å². The van der Waals surface area contributed by atoms with Gasteiger partial charge in [-0.15, -0.1) is 11.8 Å². The normalized spacial score (nSPS) is 26.0. The van der Waals surface area contributed by atoms with Gasteiger partial charge in [-0.2, -0.15) is 0 Å². The highest BCUT2D eigenvalue weighted by Gasteiger charge is 2.44. The van der Waals surface area contributed by atoms with E-state index in [4.69, 9.17) is 4.43 Å². The first-order valence-corrected chi connectivity index (χ1v) is 11.6. The molecule has 2 nitrogen and oxygen atoms in total. The molecule has 0 aromatic heterocycles. The van der Waals surface area contributed by atoms with Crippen LogP contribution in [0.3, 0.4) is 0 Å². The number of thioether (sulfide) groups is 1. The Hall–Kier alpha value is -0.713. The molecule has 0 spiro atoms. The van der Waals surface area contributed by atoms with Crippen molar-refractivity contribution < 1.29 is 9.53 Å². The molecule has 1 N–H and O–H groups in total. The van der Waals surface area contributed by atoms with Gasteiger partial charge < -0.3 is 9.53 Å². The molecule has 1 unspecified atom stereocenters. The van der Waals surface area contributed by atoms with Crippen molar-refractivity contribution in [2.45, 2.75) is 68.0 Å². The van der Waals surface area contributed by atoms with Crippen LogP contribution in [0.25, 0.3) is 0 Å². The maximum absolute atomic E-state index is 10.7. The molecule has 0 saturated heterocycles. The monoisotopic (exact) mass is 336 g/mol. The minimum Gasteiger partial charge on any atom is -0.547 e. The highest BCUT2D eigenvalue weighted by molar-refractivity contribution is 8.00. The summed E-state index contributed by atoms with van der Waals surface area (Å²) in [5, 5.41) is 11.0. The van der Waals surface area contributed by atoms with Gasteiger partial charge in [-0.1, -0.05) is 39.0 Å². The molecule has 1 aliphatic carbocycles. The molecular weight excluding hydrogens is 308 g/mol. The first kappa shape index (κ1) is 17.6. The van der Waals surface area contributed by atoms with Crippen molar-refractivity contribution >= 4 is 20.1 Å². The topological polar surface area (TPSA) is 29.5 Å². The van der Waals surface area contributed by atoms with Gasteiger partial charge in [0.1, 0.15) is 0 Å². The third-order valence-electron chi connectivity index (χ3n) is 4.68. The van der Waals surface area contributed by atoms with Gasteiger partial charge in [-0.25, -0.2) is 0 Å². The van der Waals surface area contributed by atoms with Crippen LogP contribution in [0.2, 0.25) is 18.1 Å². The van der Waals surface area contributed by atoms with E-state index < -0.39 is 13.9 Å². The number of hydrogen-bond acceptors (Lipinski definition) is 3. The average molecular weight is 337 g/mol. The van der Waals surface area contributed by atoms with Gasteiger partial charge in [0.2, 0.25) is 8.32 Å². The third kappa shape index (κ3) is 3.97. The smallest absolute Gasteiger partial charge is 0.250 e. The molecule has 0 bridgehead atoms. The molecule has 22 heavy (non-hydrogen) atoms. The van der Waals surface area contributed by atoms with Gasteiger partial charge in [0, 0.05) is 11.3 Å². The Morgan fingerprint density at radius 2 is 1.82 bits per heavy atom. The summed E-state index contributed by atoms with van der Waals surface area (Å²) in [5.41, 5.74) is -0.752. The second kappa shape index (κ2) is 6.06. The van der Waals surface area contributed by atoms with Gasteiger partial charge in [-0.3, -0.25) is 0 Å². The Kier molecular flexibility index (Phi) is 4.86. The lowest BCUT2D eigenvalue weighted by Crippen LogP contribution is -2.40. The fourth-order valence-corrected chi connectivity index (χ4v) is 4.48. The van der Waals surface area contributed by atoms with Crippen LogP contribution in [0, 0.1) is 0 Å². The van der Waals surface area contributed by atoms with Gasteiger partial charge in [0.05, 0.1) is 16.6 Å². The number of aliphatic hydroxyl groups is 1. The zero-order valence-corrected chi connectivity index (χ0v) is 16.3. The van der Waals surface area contributed by atoms with Crippen LogP contribution in [-0.4, -0.2) is 24.3 Å². The maximum atomic E-state index is 10.7. The van der Waals surface area contributed by atoms with Crippen molar-refractivity contribution in [3.05, 3.63) is 42.2 Å². The SMILES string of the molecule is CC(C)(C)[Si](C)(C)OC1=CC(Sc2ccccc2)[C@@](C)(O)C1. The van der Waals surface area contributed by atoms with E-state index >= 15 is 0 Å². The van der Waals surface area contributed by atoms with Crippen LogP contribution in [0.5, 0.6) is 0 Å². The predicted molar refractivity (Wildman–Crippen MR) is 97.7 cm³/mol. The minimum absolute atomic E-state index is 0.0367. The highest BCUT2D eigenvalue weighted by atomic mass is 32.2. The lowest BCUT2D eigenvalue weighted by molar-refractivity contribution is 0.0712. The first-order valence-electron chi connectivity index (χ1n) is 7.85. The molecule has 4 heteroatoms. The molecule has 2 atom stereocenters. The van der Waals surface area contributed by atoms with E-state index in [1.54, 1.807) is 11.8 Å². The number of hydrogen-bond donors (Lipinski definition) is 1. The molecule has 2 rings (SSSR count). The van der Waals surface area contributed by atoms with Crippen molar-refractivity contribution in [2.75, 3.05) is 0 Å². The zero-order valence-electron chi connectivity index (χ0n) is 14.5. The molecular formula is C18H28O2SSi. The van der Waals surface area contributed by atoms with Crippen molar-refractivity contribution in [3.63, 3.8) is 0 Å². The van der Waals surface area contributed by atoms with E-state index in [0.717, 1.165) is 5.76 Å². The third-order valence-corrected chi connectivity index (χ3v) is 10.5. The number of benzene rings is 1. The van der Waals surface area contributed by atoms with Gasteiger partial charge in [0.25, 0.3) is 0 Å². The van der Waals surface area contributed by atoms with Crippen LogP contribution in [-0.2, 0) is 4.43 Å². The average Bonchev–Trinajstić information content (AvgIpc) is 2.62. The summed E-state index contributed by atoms with van der Waals surface area (Å²) >= 11 is 1.70. The summed E-state index contributed by atoms with van der Waals surface area (Å²) in [6.45, 7) is 13.1. The summed E-state index contributed by atoms with van der Waals surface area (Å²) in [6, 6.07) is 10.2. The lowest BCUT2D eigenvalue weighted by atomic mass is 10.0. The molecule has 0 aliphatic heterocycles. The molecule has 0 radical (unpaired) electrons. The van der Waals surface area contributed by atoms with E-state index in [2.05, 4.69) is 52.1 Å². The van der Waals surface area contributed by atoms with E-state index in [-0.39, 0.29) is 10.3 Å². The summed E-state index contributed by atoms with van der Waals surface area (Å²) < 4.78 is 6.39. The Morgan fingerprint density at radius 1 is 1.23 bits per heavy atom. The van der Waals surface area contributed by atoms with Crippen LogP contribution in [0.15, 0.2) is 47.1 Å². The lowest BCUT2D eigenvalue weighted by Gasteiger charge is -2.37. The minimum atomic E-state index is -1.84. The largest absolute Gasteiger partial charge is 0.547 e. The van der Waals surface area contributed by atoms with Crippen LogP contribution >= 0.6 is 11.8 Å². The highest BCUT2D eigenvalue weighted by Crippen LogP contribution is 2.44. The molecule has 1 aliphatic rings. The quantitative estimate of drug-likeness (QED) is 0.766. The Labute approximate surface area is 140 Å². The fraction of sp³-hybridized carbons (Fsp3) is 0.556. The van der Waals surface area contributed by atoms with E-state index in [1.807, 2.05) is 25.1 Å². The summed E-state index contributed by atoms with van der Waals surface area (Å²) in [4.78, 5) is 1.18. The van der Waals surface area contributed by atoms with Crippen molar-refractivity contribution in [3.8, 4) is 0 Å². The van der Waals surface area contributed by atoms with Gasteiger partial charge >= 0.3 is 0 Å². The van der Waals surface area contributed by atoms with Crippen LogP contribution in [0.1, 0.15) is 34.1 Å². The fourth-order valence-electron chi connectivity index (χ4n) is 2.22. The molecule has 0 heterocycles.